The van der Waals surface area contributed by atoms with Crippen molar-refractivity contribution in [1.29, 1.82) is 0 Å². The van der Waals surface area contributed by atoms with Crippen LogP contribution in [0, 0.1) is 11.8 Å². The molecule has 0 aromatic heterocycles. The molecule has 0 spiro atoms. The van der Waals surface area contributed by atoms with Crippen LogP contribution in [0.5, 0.6) is 0 Å². The highest BCUT2D eigenvalue weighted by atomic mass is 16.4. The minimum absolute atomic E-state index is 0.118. The maximum absolute atomic E-state index is 12.5. The summed E-state index contributed by atoms with van der Waals surface area (Å²) in [6.45, 7) is 10.2. The van der Waals surface area contributed by atoms with Crippen LogP contribution in [0.15, 0.2) is 0 Å². The van der Waals surface area contributed by atoms with Crippen molar-refractivity contribution in [3.05, 3.63) is 0 Å². The standard InChI is InChI=1S/C14H26N2O3/c1-10(2)8-15(9-11(3)4)14(19)16-7-5-6-12(16)13(17)18/h10-12H,5-9H2,1-4H3,(H,17,18)/t12-/m0/s1. The molecule has 0 aromatic rings. The van der Waals surface area contributed by atoms with E-state index in [0.717, 1.165) is 6.42 Å². The topological polar surface area (TPSA) is 60.9 Å². The lowest BCUT2D eigenvalue weighted by molar-refractivity contribution is -0.141. The highest BCUT2D eigenvalue weighted by molar-refractivity contribution is 5.83. The smallest absolute Gasteiger partial charge is 0.326 e. The average molecular weight is 270 g/mol. The van der Waals surface area contributed by atoms with Gasteiger partial charge in [0.1, 0.15) is 6.04 Å². The fourth-order valence-electron chi connectivity index (χ4n) is 2.55. The van der Waals surface area contributed by atoms with Crippen LogP contribution in [0.1, 0.15) is 40.5 Å². The van der Waals surface area contributed by atoms with Gasteiger partial charge in [-0.05, 0) is 24.7 Å². The highest BCUT2D eigenvalue weighted by Gasteiger charge is 2.36. The van der Waals surface area contributed by atoms with Crippen LogP contribution in [0.25, 0.3) is 0 Å². The molecule has 0 bridgehead atoms. The van der Waals surface area contributed by atoms with Crippen molar-refractivity contribution in [2.24, 2.45) is 11.8 Å². The molecule has 1 N–H and O–H groups in total. The lowest BCUT2D eigenvalue weighted by atomic mass is 10.1. The number of carbonyl (C=O) groups excluding carboxylic acids is 1. The quantitative estimate of drug-likeness (QED) is 0.833. The van der Waals surface area contributed by atoms with Crippen molar-refractivity contribution in [2.45, 2.75) is 46.6 Å². The lowest BCUT2D eigenvalue weighted by Crippen LogP contribution is -2.49. The average Bonchev–Trinajstić information content (AvgIpc) is 2.74. The largest absolute Gasteiger partial charge is 0.480 e. The molecular weight excluding hydrogens is 244 g/mol. The van der Waals surface area contributed by atoms with E-state index in [9.17, 15) is 9.59 Å². The molecule has 2 amide bonds. The normalized spacial score (nSPS) is 19.3. The predicted octanol–water partition coefficient (Wildman–Crippen LogP) is 2.27. The molecule has 0 aliphatic carbocycles. The maximum atomic E-state index is 12.5. The number of urea groups is 1. The Morgan fingerprint density at radius 1 is 1.21 bits per heavy atom. The number of carboxylic acid groups (broad SMARTS) is 1. The van der Waals surface area contributed by atoms with Crippen LogP contribution in [0.2, 0.25) is 0 Å². The van der Waals surface area contributed by atoms with Gasteiger partial charge in [-0.2, -0.15) is 0 Å². The third-order valence-corrected chi connectivity index (χ3v) is 3.23. The van der Waals surface area contributed by atoms with Gasteiger partial charge in [-0.3, -0.25) is 0 Å². The molecule has 0 aromatic carbocycles. The van der Waals surface area contributed by atoms with Gasteiger partial charge in [0, 0.05) is 19.6 Å². The van der Waals surface area contributed by atoms with E-state index < -0.39 is 12.0 Å². The van der Waals surface area contributed by atoms with Gasteiger partial charge in [0.15, 0.2) is 0 Å². The van der Waals surface area contributed by atoms with Crippen molar-refractivity contribution >= 4 is 12.0 Å². The molecule has 19 heavy (non-hydrogen) atoms. The van der Waals surface area contributed by atoms with Gasteiger partial charge < -0.3 is 14.9 Å². The van der Waals surface area contributed by atoms with E-state index in [4.69, 9.17) is 5.11 Å². The van der Waals surface area contributed by atoms with E-state index >= 15 is 0 Å². The first kappa shape index (κ1) is 15.8. The number of carbonyl (C=O) groups is 2. The second-order valence-electron chi connectivity index (χ2n) is 6.16. The highest BCUT2D eigenvalue weighted by Crippen LogP contribution is 2.20. The molecule has 1 aliphatic heterocycles. The zero-order valence-corrected chi connectivity index (χ0v) is 12.4. The van der Waals surface area contributed by atoms with E-state index in [2.05, 4.69) is 27.7 Å². The number of amides is 2. The summed E-state index contributed by atoms with van der Waals surface area (Å²) in [7, 11) is 0. The molecule has 1 rings (SSSR count). The summed E-state index contributed by atoms with van der Waals surface area (Å²) in [4.78, 5) is 27.0. The Kier molecular flexibility index (Phi) is 5.63. The van der Waals surface area contributed by atoms with Crippen molar-refractivity contribution in [2.75, 3.05) is 19.6 Å². The number of hydrogen-bond donors (Lipinski definition) is 1. The molecule has 0 radical (unpaired) electrons. The first-order valence-corrected chi connectivity index (χ1v) is 7.11. The van der Waals surface area contributed by atoms with Crippen LogP contribution in [-0.4, -0.2) is 52.6 Å². The number of aliphatic carboxylic acids is 1. The third-order valence-electron chi connectivity index (χ3n) is 3.23. The Balaban J connectivity index is 2.77. The summed E-state index contributed by atoms with van der Waals surface area (Å²) < 4.78 is 0. The first-order chi connectivity index (χ1) is 8.82. The SMILES string of the molecule is CC(C)CN(CC(C)C)C(=O)N1CCC[C@H]1C(=O)O. The molecule has 0 unspecified atom stereocenters. The van der Waals surface area contributed by atoms with Gasteiger partial charge in [0.05, 0.1) is 0 Å². The Labute approximate surface area is 115 Å². The molecule has 0 saturated carbocycles. The molecule has 5 heteroatoms. The predicted molar refractivity (Wildman–Crippen MR) is 74.0 cm³/mol. The van der Waals surface area contributed by atoms with E-state index in [1.165, 1.54) is 4.90 Å². The minimum atomic E-state index is -0.889. The summed E-state index contributed by atoms with van der Waals surface area (Å²) in [5.41, 5.74) is 0. The van der Waals surface area contributed by atoms with Crippen LogP contribution < -0.4 is 0 Å². The van der Waals surface area contributed by atoms with E-state index in [1.54, 1.807) is 4.90 Å². The number of nitrogens with zero attached hydrogens (tertiary/aromatic N) is 2. The van der Waals surface area contributed by atoms with Crippen molar-refractivity contribution in [3.63, 3.8) is 0 Å². The molecule has 1 saturated heterocycles. The fourth-order valence-corrected chi connectivity index (χ4v) is 2.55. The van der Waals surface area contributed by atoms with E-state index in [-0.39, 0.29) is 6.03 Å². The summed E-state index contributed by atoms with van der Waals surface area (Å²) in [5, 5.41) is 9.17. The summed E-state index contributed by atoms with van der Waals surface area (Å²) in [6, 6.07) is -0.762. The van der Waals surface area contributed by atoms with Gasteiger partial charge >= 0.3 is 12.0 Å². The fraction of sp³-hybridized carbons (Fsp3) is 0.857. The van der Waals surface area contributed by atoms with Crippen molar-refractivity contribution < 1.29 is 14.7 Å². The molecule has 1 fully saturated rings. The Hall–Kier alpha value is -1.26. The van der Waals surface area contributed by atoms with Crippen LogP contribution >= 0.6 is 0 Å². The van der Waals surface area contributed by atoms with Crippen molar-refractivity contribution in [1.82, 2.24) is 9.80 Å². The lowest BCUT2D eigenvalue weighted by Gasteiger charge is -2.32. The third kappa shape index (κ3) is 4.40. The minimum Gasteiger partial charge on any atom is -0.480 e. The number of carboxylic acids is 1. The number of hydrogen-bond acceptors (Lipinski definition) is 2. The van der Waals surface area contributed by atoms with Gasteiger partial charge in [0.25, 0.3) is 0 Å². The maximum Gasteiger partial charge on any atom is 0.326 e. The van der Waals surface area contributed by atoms with Crippen molar-refractivity contribution in [3.8, 4) is 0 Å². The first-order valence-electron chi connectivity index (χ1n) is 7.11. The Morgan fingerprint density at radius 2 is 1.74 bits per heavy atom. The van der Waals surface area contributed by atoms with E-state index in [0.29, 0.717) is 37.9 Å². The van der Waals surface area contributed by atoms with Gasteiger partial charge in [0.2, 0.25) is 0 Å². The van der Waals surface area contributed by atoms with Crippen LogP contribution in [0.4, 0.5) is 4.79 Å². The number of likely N-dealkylation sites (tertiary alicyclic amines) is 1. The van der Waals surface area contributed by atoms with Crippen LogP contribution in [-0.2, 0) is 4.79 Å². The molecule has 110 valence electrons. The second kappa shape index (κ2) is 6.78. The van der Waals surface area contributed by atoms with Gasteiger partial charge in [-0.25, -0.2) is 9.59 Å². The van der Waals surface area contributed by atoms with E-state index in [1.807, 2.05) is 0 Å². The molecule has 1 atom stereocenters. The molecular formula is C14H26N2O3. The van der Waals surface area contributed by atoms with Gasteiger partial charge in [-0.15, -0.1) is 0 Å². The molecule has 5 nitrogen and oxygen atoms in total. The monoisotopic (exact) mass is 270 g/mol. The Bertz CT molecular complexity index is 319. The van der Waals surface area contributed by atoms with Crippen LogP contribution in [0.3, 0.4) is 0 Å². The second-order valence-corrected chi connectivity index (χ2v) is 6.16. The molecule has 1 aliphatic rings. The Morgan fingerprint density at radius 3 is 2.16 bits per heavy atom. The number of rotatable bonds is 5. The zero-order valence-electron chi connectivity index (χ0n) is 12.4. The van der Waals surface area contributed by atoms with Gasteiger partial charge in [-0.1, -0.05) is 27.7 Å². The summed E-state index contributed by atoms with van der Waals surface area (Å²) in [5.74, 6) is -0.123. The summed E-state index contributed by atoms with van der Waals surface area (Å²) >= 11 is 0. The molecule has 1 heterocycles. The zero-order chi connectivity index (χ0) is 14.6. The summed E-state index contributed by atoms with van der Waals surface area (Å²) in [6.07, 6.45) is 1.35.